The summed E-state index contributed by atoms with van der Waals surface area (Å²) < 4.78 is 0. The van der Waals surface area contributed by atoms with Crippen molar-refractivity contribution < 1.29 is 0 Å². The number of aryl methyl sites for hydroxylation is 1. The van der Waals surface area contributed by atoms with Crippen molar-refractivity contribution in [2.24, 2.45) is 5.92 Å². The van der Waals surface area contributed by atoms with Crippen molar-refractivity contribution in [2.75, 3.05) is 26.2 Å². The summed E-state index contributed by atoms with van der Waals surface area (Å²) in [7, 11) is 0. The molecule has 1 aromatic heterocycles. The lowest BCUT2D eigenvalue weighted by Gasteiger charge is -2.32. The zero-order valence-electron chi connectivity index (χ0n) is 14.1. The molecule has 23 heavy (non-hydrogen) atoms. The van der Waals surface area contributed by atoms with Gasteiger partial charge in [0.1, 0.15) is 0 Å². The van der Waals surface area contributed by atoms with Crippen molar-refractivity contribution in [3.05, 3.63) is 40.5 Å². The van der Waals surface area contributed by atoms with E-state index >= 15 is 0 Å². The Labute approximate surface area is 144 Å². The van der Waals surface area contributed by atoms with E-state index in [1.807, 2.05) is 12.1 Å². The highest BCUT2D eigenvalue weighted by Gasteiger charge is 2.20. The quantitative estimate of drug-likeness (QED) is 0.897. The standard InChI is InChI=1S/C19H26ClN3/c1-3-21-12-15-8-10-23(11-9-15)13-18-19(20)14(2)16-6-4-5-7-17(16)22-18/h4-7,15,21H,3,8-13H2,1-2H3. The van der Waals surface area contributed by atoms with E-state index < -0.39 is 0 Å². The summed E-state index contributed by atoms with van der Waals surface area (Å²) in [5.41, 5.74) is 3.22. The molecule has 1 saturated heterocycles. The zero-order chi connectivity index (χ0) is 16.2. The van der Waals surface area contributed by atoms with Gasteiger partial charge in [-0.15, -0.1) is 0 Å². The monoisotopic (exact) mass is 331 g/mol. The minimum absolute atomic E-state index is 0.813. The molecule has 1 N–H and O–H groups in total. The fourth-order valence-corrected chi connectivity index (χ4v) is 3.63. The fourth-order valence-electron chi connectivity index (χ4n) is 3.43. The van der Waals surface area contributed by atoms with Crippen LogP contribution < -0.4 is 5.32 Å². The molecule has 0 unspecified atom stereocenters. The van der Waals surface area contributed by atoms with Crippen LogP contribution in [-0.4, -0.2) is 36.1 Å². The number of para-hydroxylation sites is 1. The van der Waals surface area contributed by atoms with Gasteiger partial charge < -0.3 is 5.32 Å². The molecule has 2 heterocycles. The van der Waals surface area contributed by atoms with Crippen LogP contribution in [0.3, 0.4) is 0 Å². The lowest BCUT2D eigenvalue weighted by molar-refractivity contribution is 0.174. The number of hydrogen-bond acceptors (Lipinski definition) is 3. The number of rotatable bonds is 5. The summed E-state index contributed by atoms with van der Waals surface area (Å²) >= 11 is 6.59. The molecule has 0 amide bonds. The second-order valence-electron chi connectivity index (χ2n) is 6.54. The Balaban J connectivity index is 1.69. The van der Waals surface area contributed by atoms with Gasteiger partial charge >= 0.3 is 0 Å². The fraction of sp³-hybridized carbons (Fsp3) is 0.526. The van der Waals surface area contributed by atoms with Crippen molar-refractivity contribution in [1.82, 2.24) is 15.2 Å². The van der Waals surface area contributed by atoms with Gasteiger partial charge in [0, 0.05) is 11.9 Å². The Bertz CT molecular complexity index is 663. The van der Waals surface area contributed by atoms with Crippen molar-refractivity contribution >= 4 is 22.5 Å². The van der Waals surface area contributed by atoms with Gasteiger partial charge in [-0.25, -0.2) is 4.98 Å². The Morgan fingerprint density at radius 3 is 2.74 bits per heavy atom. The van der Waals surface area contributed by atoms with E-state index in [4.69, 9.17) is 16.6 Å². The van der Waals surface area contributed by atoms with E-state index in [0.29, 0.717) is 0 Å². The Morgan fingerprint density at radius 2 is 2.00 bits per heavy atom. The summed E-state index contributed by atoms with van der Waals surface area (Å²) in [4.78, 5) is 7.30. The molecule has 1 aliphatic heterocycles. The number of nitrogens with zero attached hydrogens (tertiary/aromatic N) is 2. The molecular formula is C19H26ClN3. The molecule has 0 aliphatic carbocycles. The van der Waals surface area contributed by atoms with E-state index in [2.05, 4.69) is 36.2 Å². The van der Waals surface area contributed by atoms with Crippen LogP contribution in [0.1, 0.15) is 31.0 Å². The molecule has 0 spiro atoms. The van der Waals surface area contributed by atoms with Crippen molar-refractivity contribution in [3.8, 4) is 0 Å². The molecule has 1 aliphatic rings. The summed E-state index contributed by atoms with van der Waals surface area (Å²) in [6.45, 7) is 9.62. The average molecular weight is 332 g/mol. The average Bonchev–Trinajstić information content (AvgIpc) is 2.59. The maximum Gasteiger partial charge on any atom is 0.0740 e. The Morgan fingerprint density at radius 1 is 1.26 bits per heavy atom. The molecule has 3 rings (SSSR count). The second kappa shape index (κ2) is 7.61. The lowest BCUT2D eigenvalue weighted by Crippen LogP contribution is -2.37. The first-order valence-corrected chi connectivity index (χ1v) is 9.03. The number of benzene rings is 1. The lowest BCUT2D eigenvalue weighted by atomic mass is 9.96. The molecule has 2 aromatic rings. The molecule has 3 nitrogen and oxygen atoms in total. The van der Waals surface area contributed by atoms with E-state index in [1.54, 1.807) is 0 Å². The van der Waals surface area contributed by atoms with Crippen molar-refractivity contribution in [2.45, 2.75) is 33.2 Å². The van der Waals surface area contributed by atoms with Crippen LogP contribution in [0.4, 0.5) is 0 Å². The number of halogens is 1. The van der Waals surface area contributed by atoms with Crippen molar-refractivity contribution in [1.29, 1.82) is 0 Å². The normalized spacial score (nSPS) is 17.0. The highest BCUT2D eigenvalue weighted by Crippen LogP contribution is 2.28. The molecule has 124 valence electrons. The van der Waals surface area contributed by atoms with Gasteiger partial charge in [-0.3, -0.25) is 4.90 Å². The third kappa shape index (κ3) is 3.85. The maximum atomic E-state index is 6.59. The zero-order valence-corrected chi connectivity index (χ0v) is 14.9. The minimum atomic E-state index is 0.813. The number of nitrogens with one attached hydrogen (secondary N) is 1. The molecular weight excluding hydrogens is 306 g/mol. The second-order valence-corrected chi connectivity index (χ2v) is 6.92. The number of aromatic nitrogens is 1. The van der Waals surface area contributed by atoms with E-state index in [9.17, 15) is 0 Å². The first-order valence-electron chi connectivity index (χ1n) is 8.65. The van der Waals surface area contributed by atoms with Crippen LogP contribution in [0.15, 0.2) is 24.3 Å². The molecule has 4 heteroatoms. The van der Waals surface area contributed by atoms with Crippen LogP contribution in [-0.2, 0) is 6.54 Å². The first kappa shape index (κ1) is 16.7. The van der Waals surface area contributed by atoms with Gasteiger partial charge in [0.2, 0.25) is 0 Å². The van der Waals surface area contributed by atoms with Crippen LogP contribution in [0.2, 0.25) is 5.02 Å². The molecule has 0 bridgehead atoms. The molecule has 1 aromatic carbocycles. The summed E-state index contributed by atoms with van der Waals surface area (Å²) in [6.07, 6.45) is 2.52. The third-order valence-corrected chi connectivity index (χ3v) is 5.41. The smallest absolute Gasteiger partial charge is 0.0740 e. The van der Waals surface area contributed by atoms with Gasteiger partial charge in [0.25, 0.3) is 0 Å². The first-order chi connectivity index (χ1) is 11.2. The highest BCUT2D eigenvalue weighted by atomic mass is 35.5. The van der Waals surface area contributed by atoms with Crippen LogP contribution in [0.25, 0.3) is 10.9 Å². The number of pyridine rings is 1. The van der Waals surface area contributed by atoms with Gasteiger partial charge in [0.15, 0.2) is 0 Å². The van der Waals surface area contributed by atoms with E-state index in [1.165, 1.54) is 12.8 Å². The third-order valence-electron chi connectivity index (χ3n) is 4.91. The summed E-state index contributed by atoms with van der Waals surface area (Å²) in [5, 5.41) is 5.46. The minimum Gasteiger partial charge on any atom is -0.317 e. The van der Waals surface area contributed by atoms with Crippen LogP contribution in [0, 0.1) is 12.8 Å². The number of piperidine rings is 1. The molecule has 0 atom stereocenters. The van der Waals surface area contributed by atoms with Gasteiger partial charge in [0.05, 0.1) is 16.2 Å². The SMILES string of the molecule is CCNCC1CCN(Cc2nc3ccccc3c(C)c2Cl)CC1. The molecule has 1 fully saturated rings. The van der Waals surface area contributed by atoms with Crippen LogP contribution >= 0.6 is 11.6 Å². The number of likely N-dealkylation sites (tertiary alicyclic amines) is 1. The van der Waals surface area contributed by atoms with Gasteiger partial charge in [-0.05, 0) is 63.5 Å². The van der Waals surface area contributed by atoms with Crippen molar-refractivity contribution in [3.63, 3.8) is 0 Å². The topological polar surface area (TPSA) is 28.2 Å². The Kier molecular flexibility index (Phi) is 5.52. The summed E-state index contributed by atoms with van der Waals surface area (Å²) in [5.74, 6) is 0.813. The number of hydrogen-bond donors (Lipinski definition) is 1. The predicted molar refractivity (Wildman–Crippen MR) is 98.0 cm³/mol. The Hall–Kier alpha value is -1.16. The summed E-state index contributed by atoms with van der Waals surface area (Å²) in [6, 6.07) is 8.26. The number of fused-ring (bicyclic) bond motifs is 1. The van der Waals surface area contributed by atoms with Gasteiger partial charge in [-0.2, -0.15) is 0 Å². The predicted octanol–water partition coefficient (Wildman–Crippen LogP) is 4.02. The molecule has 0 radical (unpaired) electrons. The van der Waals surface area contributed by atoms with Crippen LogP contribution in [0.5, 0.6) is 0 Å². The van der Waals surface area contributed by atoms with E-state index in [0.717, 1.165) is 65.8 Å². The molecule has 0 saturated carbocycles. The maximum absolute atomic E-state index is 6.59. The highest BCUT2D eigenvalue weighted by molar-refractivity contribution is 6.32. The van der Waals surface area contributed by atoms with E-state index in [-0.39, 0.29) is 0 Å². The van der Waals surface area contributed by atoms with Gasteiger partial charge in [-0.1, -0.05) is 36.7 Å². The largest absolute Gasteiger partial charge is 0.317 e.